The van der Waals surface area contributed by atoms with Crippen LogP contribution in [-0.2, 0) is 4.79 Å². The first-order valence-corrected chi connectivity index (χ1v) is 8.92. The Morgan fingerprint density at radius 2 is 1.77 bits per heavy atom. The molecule has 0 aromatic heterocycles. The molecule has 0 aliphatic carbocycles. The largest absolute Gasteiger partial charge is 0.341 e. The van der Waals surface area contributed by atoms with E-state index in [4.69, 9.17) is 0 Å². The van der Waals surface area contributed by atoms with E-state index < -0.39 is 0 Å². The number of halogens is 1. The van der Waals surface area contributed by atoms with Crippen molar-refractivity contribution >= 4 is 30.1 Å². The Hall–Kier alpha value is -1.92. The van der Waals surface area contributed by atoms with Gasteiger partial charge in [-0.25, -0.2) is 0 Å². The third-order valence-electron chi connectivity index (χ3n) is 5.81. The lowest BCUT2D eigenvalue weighted by atomic mass is 9.98. The number of likely N-dealkylation sites (N-methyl/N-ethyl adjacent to an activating group) is 1. The number of imide groups is 1. The molecule has 7 heteroatoms. The van der Waals surface area contributed by atoms with E-state index in [2.05, 4.69) is 5.32 Å². The van der Waals surface area contributed by atoms with Crippen molar-refractivity contribution in [2.24, 2.45) is 0 Å². The lowest BCUT2D eigenvalue weighted by molar-refractivity contribution is -0.133. The number of benzene rings is 1. The molecule has 2 bridgehead atoms. The molecule has 2 saturated heterocycles. The Kier molecular flexibility index (Phi) is 5.08. The standard InChI is InChI=1S/C19H23N3O3.ClH/c1-11-3-6-15-16(7-11)19(25)22(18(15)24)10-17(23)21(2)14-8-12-4-5-13(9-14)20-12;/h3,6-7,12-14,20H,4-5,8-10H2,1-2H3;1H. The molecule has 4 rings (SSSR count). The summed E-state index contributed by atoms with van der Waals surface area (Å²) in [6, 6.07) is 6.36. The number of hydrogen-bond donors (Lipinski definition) is 1. The Balaban J connectivity index is 0.00000196. The van der Waals surface area contributed by atoms with E-state index in [9.17, 15) is 14.4 Å². The molecule has 2 fully saturated rings. The number of rotatable bonds is 3. The van der Waals surface area contributed by atoms with Crippen LogP contribution in [-0.4, -0.2) is 59.2 Å². The van der Waals surface area contributed by atoms with Gasteiger partial charge in [-0.3, -0.25) is 19.3 Å². The highest BCUT2D eigenvalue weighted by Crippen LogP contribution is 2.30. The van der Waals surface area contributed by atoms with Crippen LogP contribution in [0.4, 0.5) is 0 Å². The molecule has 6 nitrogen and oxygen atoms in total. The fourth-order valence-electron chi connectivity index (χ4n) is 4.34. The number of nitrogens with zero attached hydrogens (tertiary/aromatic N) is 2. The molecular formula is C19H24ClN3O3. The zero-order valence-electron chi connectivity index (χ0n) is 15.0. The van der Waals surface area contributed by atoms with Gasteiger partial charge in [0.2, 0.25) is 5.91 Å². The zero-order chi connectivity index (χ0) is 17.7. The number of carbonyl (C=O) groups excluding carboxylic acids is 3. The monoisotopic (exact) mass is 377 g/mol. The van der Waals surface area contributed by atoms with E-state index in [-0.39, 0.29) is 42.7 Å². The van der Waals surface area contributed by atoms with Crippen LogP contribution in [0.15, 0.2) is 18.2 Å². The summed E-state index contributed by atoms with van der Waals surface area (Å²) in [6.45, 7) is 1.70. The molecule has 26 heavy (non-hydrogen) atoms. The molecule has 0 spiro atoms. The van der Waals surface area contributed by atoms with Gasteiger partial charge in [-0.2, -0.15) is 0 Å². The summed E-state index contributed by atoms with van der Waals surface area (Å²) < 4.78 is 0. The predicted octanol–water partition coefficient (Wildman–Crippen LogP) is 1.75. The summed E-state index contributed by atoms with van der Waals surface area (Å²) in [5.74, 6) is -0.902. The first kappa shape index (κ1) is 18.9. The highest BCUT2D eigenvalue weighted by atomic mass is 35.5. The summed E-state index contributed by atoms with van der Waals surface area (Å²) in [6.07, 6.45) is 4.22. The van der Waals surface area contributed by atoms with E-state index in [1.165, 1.54) is 12.8 Å². The van der Waals surface area contributed by atoms with Crippen LogP contribution in [0.25, 0.3) is 0 Å². The molecule has 1 aromatic carbocycles. The van der Waals surface area contributed by atoms with E-state index in [0.29, 0.717) is 23.2 Å². The van der Waals surface area contributed by atoms with Crippen LogP contribution in [0, 0.1) is 6.92 Å². The number of aryl methyl sites for hydroxylation is 1. The van der Waals surface area contributed by atoms with Crippen molar-refractivity contribution in [1.82, 2.24) is 15.1 Å². The van der Waals surface area contributed by atoms with Crippen molar-refractivity contribution in [1.29, 1.82) is 0 Å². The van der Waals surface area contributed by atoms with Gasteiger partial charge >= 0.3 is 0 Å². The van der Waals surface area contributed by atoms with Gasteiger partial charge in [0.15, 0.2) is 0 Å². The summed E-state index contributed by atoms with van der Waals surface area (Å²) in [5, 5.41) is 3.56. The van der Waals surface area contributed by atoms with E-state index >= 15 is 0 Å². The lowest BCUT2D eigenvalue weighted by Gasteiger charge is -2.36. The summed E-state index contributed by atoms with van der Waals surface area (Å²) in [5.41, 5.74) is 1.72. The maximum atomic E-state index is 12.7. The average molecular weight is 378 g/mol. The van der Waals surface area contributed by atoms with Crippen molar-refractivity contribution in [2.45, 2.75) is 50.7 Å². The number of amides is 3. The van der Waals surface area contributed by atoms with Crippen LogP contribution >= 0.6 is 12.4 Å². The van der Waals surface area contributed by atoms with Gasteiger partial charge in [-0.05, 0) is 44.7 Å². The SMILES string of the molecule is Cc1ccc2c(c1)C(=O)N(CC(=O)N(C)C1CC3CCC(C1)N3)C2=O.Cl. The number of hydrogen-bond acceptors (Lipinski definition) is 4. The second-order valence-electron chi connectivity index (χ2n) is 7.51. The second kappa shape index (κ2) is 7.00. The normalized spacial score (nSPS) is 26.5. The number of piperidine rings is 1. The van der Waals surface area contributed by atoms with Crippen molar-refractivity contribution in [3.05, 3.63) is 34.9 Å². The van der Waals surface area contributed by atoms with Crippen LogP contribution in [0.5, 0.6) is 0 Å². The lowest BCUT2D eigenvalue weighted by Crippen LogP contribution is -2.51. The maximum Gasteiger partial charge on any atom is 0.262 e. The summed E-state index contributed by atoms with van der Waals surface area (Å²) in [7, 11) is 1.79. The van der Waals surface area contributed by atoms with Gasteiger partial charge < -0.3 is 10.2 Å². The first-order chi connectivity index (χ1) is 11.9. The quantitative estimate of drug-likeness (QED) is 0.815. The maximum absolute atomic E-state index is 12.7. The van der Waals surface area contributed by atoms with Gasteiger partial charge in [0, 0.05) is 25.2 Å². The third kappa shape index (κ3) is 3.12. The average Bonchev–Trinajstić information content (AvgIpc) is 3.05. The molecule has 1 N–H and O–H groups in total. The minimum absolute atomic E-state index is 0. The fraction of sp³-hybridized carbons (Fsp3) is 0.526. The second-order valence-corrected chi connectivity index (χ2v) is 7.51. The first-order valence-electron chi connectivity index (χ1n) is 8.92. The minimum Gasteiger partial charge on any atom is -0.341 e. The molecule has 1 aromatic rings. The van der Waals surface area contributed by atoms with Crippen molar-refractivity contribution in [2.75, 3.05) is 13.6 Å². The molecule has 0 radical (unpaired) electrons. The van der Waals surface area contributed by atoms with E-state index in [1.54, 1.807) is 24.1 Å². The molecule has 3 heterocycles. The zero-order valence-corrected chi connectivity index (χ0v) is 15.8. The van der Waals surface area contributed by atoms with Crippen LogP contribution in [0.1, 0.15) is 52.0 Å². The Labute approximate surface area is 159 Å². The van der Waals surface area contributed by atoms with E-state index in [0.717, 1.165) is 23.3 Å². The van der Waals surface area contributed by atoms with Gasteiger partial charge in [0.25, 0.3) is 11.8 Å². The van der Waals surface area contributed by atoms with Gasteiger partial charge in [0.1, 0.15) is 6.54 Å². The minimum atomic E-state index is -0.368. The van der Waals surface area contributed by atoms with Gasteiger partial charge in [0.05, 0.1) is 11.1 Å². The Morgan fingerprint density at radius 1 is 1.15 bits per heavy atom. The molecule has 3 amide bonds. The third-order valence-corrected chi connectivity index (χ3v) is 5.81. The number of nitrogens with one attached hydrogen (secondary N) is 1. The number of fused-ring (bicyclic) bond motifs is 3. The molecule has 2 atom stereocenters. The predicted molar refractivity (Wildman–Crippen MR) is 99.5 cm³/mol. The summed E-state index contributed by atoms with van der Waals surface area (Å²) >= 11 is 0. The highest BCUT2D eigenvalue weighted by molar-refractivity contribution is 6.22. The highest BCUT2D eigenvalue weighted by Gasteiger charge is 2.40. The number of carbonyl (C=O) groups is 3. The molecule has 140 valence electrons. The smallest absolute Gasteiger partial charge is 0.262 e. The fourth-order valence-corrected chi connectivity index (χ4v) is 4.34. The van der Waals surface area contributed by atoms with Gasteiger partial charge in [-0.1, -0.05) is 11.6 Å². The molecule has 3 aliphatic heterocycles. The van der Waals surface area contributed by atoms with Crippen LogP contribution in [0.2, 0.25) is 0 Å². The van der Waals surface area contributed by atoms with Gasteiger partial charge in [-0.15, -0.1) is 12.4 Å². The van der Waals surface area contributed by atoms with Crippen molar-refractivity contribution in [3.63, 3.8) is 0 Å². The Bertz CT molecular complexity index is 754. The van der Waals surface area contributed by atoms with Crippen molar-refractivity contribution in [3.8, 4) is 0 Å². The van der Waals surface area contributed by atoms with Crippen LogP contribution < -0.4 is 5.32 Å². The Morgan fingerprint density at radius 3 is 2.42 bits per heavy atom. The van der Waals surface area contributed by atoms with Crippen LogP contribution in [0.3, 0.4) is 0 Å². The van der Waals surface area contributed by atoms with Crippen molar-refractivity contribution < 1.29 is 14.4 Å². The molecule has 2 unspecified atom stereocenters. The molecule has 0 saturated carbocycles. The molecular weight excluding hydrogens is 354 g/mol. The molecule has 3 aliphatic rings. The summed E-state index contributed by atoms with van der Waals surface area (Å²) in [4.78, 5) is 40.5. The topological polar surface area (TPSA) is 69.7 Å². The van der Waals surface area contributed by atoms with E-state index in [1.807, 2.05) is 13.0 Å².